The van der Waals surface area contributed by atoms with E-state index in [1.807, 2.05) is 44.2 Å². The first-order valence-corrected chi connectivity index (χ1v) is 5.11. The zero-order valence-corrected chi connectivity index (χ0v) is 9.18. The van der Waals surface area contributed by atoms with E-state index in [1.165, 1.54) is 0 Å². The van der Waals surface area contributed by atoms with Crippen LogP contribution in [-0.2, 0) is 0 Å². The third-order valence-electron chi connectivity index (χ3n) is 2.21. The first kappa shape index (κ1) is 10.5. The van der Waals surface area contributed by atoms with Crippen LogP contribution in [0.5, 0.6) is 0 Å². The number of hydrogen-bond donors (Lipinski definition) is 0. The summed E-state index contributed by atoms with van der Waals surface area (Å²) in [5, 5.41) is 7.81. The second-order valence-electron chi connectivity index (χ2n) is 3.80. The van der Waals surface area contributed by atoms with Crippen LogP contribution < -0.4 is 5.63 Å². The lowest BCUT2D eigenvalue weighted by atomic mass is 10.1. The van der Waals surface area contributed by atoms with E-state index in [9.17, 15) is 4.79 Å². The summed E-state index contributed by atoms with van der Waals surface area (Å²) in [6.45, 7) is 3.76. The van der Waals surface area contributed by atoms with Gasteiger partial charge in [0.25, 0.3) is 0 Å². The van der Waals surface area contributed by atoms with Crippen LogP contribution in [0.2, 0.25) is 0 Å². The maximum atomic E-state index is 11.6. The van der Waals surface area contributed by atoms with Crippen molar-refractivity contribution in [2.75, 3.05) is 0 Å². The highest BCUT2D eigenvalue weighted by atomic mass is 16.4. The van der Waals surface area contributed by atoms with Gasteiger partial charge in [0.1, 0.15) is 0 Å². The molecule has 0 spiro atoms. The van der Waals surface area contributed by atoms with Gasteiger partial charge in [-0.25, -0.2) is 4.79 Å². The normalized spacial score (nSPS) is 10.7. The molecule has 0 unspecified atom stereocenters. The van der Waals surface area contributed by atoms with E-state index < -0.39 is 5.63 Å². The van der Waals surface area contributed by atoms with Gasteiger partial charge in [-0.3, -0.25) is 0 Å². The molecule has 0 aliphatic rings. The molecular weight excluding hydrogens is 204 g/mol. The van der Waals surface area contributed by atoms with Gasteiger partial charge in [-0.15, -0.1) is 10.2 Å². The average molecular weight is 216 g/mol. The topological polar surface area (TPSA) is 56.0 Å². The molecule has 0 fully saturated rings. The fourth-order valence-electron chi connectivity index (χ4n) is 1.35. The van der Waals surface area contributed by atoms with E-state index >= 15 is 0 Å². The van der Waals surface area contributed by atoms with E-state index in [-0.39, 0.29) is 11.8 Å². The Labute approximate surface area is 93.0 Å². The Morgan fingerprint density at radius 2 is 1.81 bits per heavy atom. The Bertz CT molecular complexity index is 532. The third kappa shape index (κ3) is 2.00. The SMILES string of the molecule is CC(C)c1nnc(-c2ccccc2)oc1=O. The smallest absolute Gasteiger partial charge is 0.361 e. The quantitative estimate of drug-likeness (QED) is 0.772. The molecule has 0 amide bonds. The second kappa shape index (κ2) is 4.26. The van der Waals surface area contributed by atoms with Crippen molar-refractivity contribution in [3.63, 3.8) is 0 Å². The summed E-state index contributed by atoms with van der Waals surface area (Å²) in [4.78, 5) is 11.6. The molecule has 16 heavy (non-hydrogen) atoms. The molecule has 0 saturated heterocycles. The summed E-state index contributed by atoms with van der Waals surface area (Å²) in [5.74, 6) is 0.281. The van der Waals surface area contributed by atoms with Gasteiger partial charge in [-0.2, -0.15) is 0 Å². The van der Waals surface area contributed by atoms with Crippen molar-refractivity contribution in [3.8, 4) is 11.5 Å². The maximum Gasteiger partial charge on any atom is 0.361 e. The Morgan fingerprint density at radius 3 is 2.38 bits per heavy atom. The van der Waals surface area contributed by atoms with Crippen molar-refractivity contribution in [3.05, 3.63) is 46.4 Å². The van der Waals surface area contributed by atoms with E-state index in [2.05, 4.69) is 10.2 Å². The van der Waals surface area contributed by atoms with Crippen LogP contribution in [0.15, 0.2) is 39.5 Å². The Hall–Kier alpha value is -1.97. The van der Waals surface area contributed by atoms with E-state index in [0.717, 1.165) is 5.56 Å². The molecule has 4 nitrogen and oxygen atoms in total. The highest BCUT2D eigenvalue weighted by Crippen LogP contribution is 2.14. The second-order valence-corrected chi connectivity index (χ2v) is 3.80. The lowest BCUT2D eigenvalue weighted by Crippen LogP contribution is -2.13. The fourth-order valence-corrected chi connectivity index (χ4v) is 1.35. The molecule has 0 atom stereocenters. The molecule has 4 heteroatoms. The van der Waals surface area contributed by atoms with Crippen molar-refractivity contribution >= 4 is 0 Å². The fraction of sp³-hybridized carbons (Fsp3) is 0.250. The van der Waals surface area contributed by atoms with Gasteiger partial charge in [-0.05, 0) is 12.1 Å². The van der Waals surface area contributed by atoms with Gasteiger partial charge >= 0.3 is 5.63 Å². The van der Waals surface area contributed by atoms with Crippen LogP contribution in [0.25, 0.3) is 11.5 Å². The first-order valence-electron chi connectivity index (χ1n) is 5.11. The summed E-state index contributed by atoms with van der Waals surface area (Å²) in [7, 11) is 0. The Kier molecular flexibility index (Phi) is 2.81. The largest absolute Gasteiger partial charge is 0.401 e. The minimum atomic E-state index is -0.413. The molecular formula is C12H12N2O2. The van der Waals surface area contributed by atoms with Crippen LogP contribution in [0.1, 0.15) is 25.5 Å². The predicted octanol–water partition coefficient (Wildman–Crippen LogP) is 2.22. The monoisotopic (exact) mass is 216 g/mol. The van der Waals surface area contributed by atoms with Gasteiger partial charge < -0.3 is 4.42 Å². The van der Waals surface area contributed by atoms with E-state index in [0.29, 0.717) is 5.69 Å². The molecule has 0 N–H and O–H groups in total. The molecule has 0 aliphatic heterocycles. The zero-order chi connectivity index (χ0) is 11.5. The molecule has 82 valence electrons. The minimum Gasteiger partial charge on any atom is -0.401 e. The number of rotatable bonds is 2. The summed E-state index contributed by atoms with van der Waals surface area (Å²) >= 11 is 0. The van der Waals surface area contributed by atoms with Gasteiger partial charge in [0.2, 0.25) is 5.89 Å². The van der Waals surface area contributed by atoms with Gasteiger partial charge in [0.15, 0.2) is 5.69 Å². The summed E-state index contributed by atoms with van der Waals surface area (Å²) < 4.78 is 5.13. The van der Waals surface area contributed by atoms with Crippen molar-refractivity contribution < 1.29 is 4.42 Å². The molecule has 0 radical (unpaired) electrons. The van der Waals surface area contributed by atoms with E-state index in [1.54, 1.807) is 0 Å². The van der Waals surface area contributed by atoms with E-state index in [4.69, 9.17) is 4.42 Å². The molecule has 2 rings (SSSR count). The average Bonchev–Trinajstić information content (AvgIpc) is 2.29. The predicted molar refractivity (Wildman–Crippen MR) is 60.1 cm³/mol. The van der Waals surface area contributed by atoms with Crippen molar-refractivity contribution in [2.45, 2.75) is 19.8 Å². The number of aromatic nitrogens is 2. The molecule has 1 heterocycles. The number of nitrogens with zero attached hydrogens (tertiary/aromatic N) is 2. The highest BCUT2D eigenvalue weighted by Gasteiger charge is 2.11. The maximum absolute atomic E-state index is 11.6. The van der Waals surface area contributed by atoms with Gasteiger partial charge in [-0.1, -0.05) is 32.0 Å². The van der Waals surface area contributed by atoms with Crippen molar-refractivity contribution in [2.24, 2.45) is 0 Å². The van der Waals surface area contributed by atoms with Crippen LogP contribution in [0, 0.1) is 0 Å². The summed E-state index contributed by atoms with van der Waals surface area (Å²) in [6.07, 6.45) is 0. The molecule has 0 saturated carbocycles. The first-order chi connectivity index (χ1) is 7.68. The Morgan fingerprint density at radius 1 is 1.12 bits per heavy atom. The number of hydrogen-bond acceptors (Lipinski definition) is 4. The number of benzene rings is 1. The zero-order valence-electron chi connectivity index (χ0n) is 9.18. The van der Waals surface area contributed by atoms with Crippen molar-refractivity contribution in [1.82, 2.24) is 10.2 Å². The van der Waals surface area contributed by atoms with Crippen LogP contribution >= 0.6 is 0 Å². The third-order valence-corrected chi connectivity index (χ3v) is 2.21. The standard InChI is InChI=1S/C12H12N2O2/c1-8(2)10-12(15)16-11(14-13-10)9-6-4-3-5-7-9/h3-8H,1-2H3. The van der Waals surface area contributed by atoms with Crippen LogP contribution in [0.4, 0.5) is 0 Å². The van der Waals surface area contributed by atoms with Crippen LogP contribution in [-0.4, -0.2) is 10.2 Å². The summed E-state index contributed by atoms with van der Waals surface area (Å²) in [5.41, 5.74) is 0.700. The minimum absolute atomic E-state index is 0.0218. The molecule has 0 bridgehead atoms. The van der Waals surface area contributed by atoms with Crippen LogP contribution in [0.3, 0.4) is 0 Å². The molecule has 1 aromatic carbocycles. The molecule has 2 aromatic rings. The lowest BCUT2D eigenvalue weighted by Gasteiger charge is -2.02. The highest BCUT2D eigenvalue weighted by molar-refractivity contribution is 5.51. The summed E-state index contributed by atoms with van der Waals surface area (Å²) in [6, 6.07) is 9.24. The lowest BCUT2D eigenvalue weighted by molar-refractivity contribution is 0.470. The Balaban J connectivity index is 2.47. The van der Waals surface area contributed by atoms with Crippen molar-refractivity contribution in [1.29, 1.82) is 0 Å². The van der Waals surface area contributed by atoms with Gasteiger partial charge in [0, 0.05) is 11.5 Å². The molecule has 1 aromatic heterocycles. The molecule has 0 aliphatic carbocycles. The van der Waals surface area contributed by atoms with Gasteiger partial charge in [0.05, 0.1) is 0 Å².